The number of carbonyl (C=O) groups is 2. The number of nitrogens with zero attached hydrogens (tertiary/aromatic N) is 1. The van der Waals surface area contributed by atoms with Gasteiger partial charge in [-0.3, -0.25) is 9.59 Å². The molecule has 11 heteroatoms. The Kier molecular flexibility index (Phi) is 22.0. The molecule has 0 spiro atoms. The molecule has 1 aromatic rings. The van der Waals surface area contributed by atoms with Gasteiger partial charge in [0.1, 0.15) is 11.5 Å². The molecule has 278 valence electrons. The van der Waals surface area contributed by atoms with Crippen molar-refractivity contribution in [3.8, 4) is 0 Å². The van der Waals surface area contributed by atoms with Crippen LogP contribution in [0.5, 0.6) is 0 Å². The highest BCUT2D eigenvalue weighted by Gasteiger charge is 2.42. The summed E-state index contributed by atoms with van der Waals surface area (Å²) in [6, 6.07) is 6.05. The second kappa shape index (κ2) is 23.7. The fourth-order valence-corrected chi connectivity index (χ4v) is 4.81. The number of aryl methyl sites for hydroxylation is 1. The minimum absolute atomic E-state index is 0.0920. The van der Waals surface area contributed by atoms with Crippen molar-refractivity contribution in [1.82, 2.24) is 0 Å². The second-order valence-corrected chi connectivity index (χ2v) is 12.4. The van der Waals surface area contributed by atoms with Crippen LogP contribution in [0.1, 0.15) is 110 Å². The van der Waals surface area contributed by atoms with Gasteiger partial charge in [-0.05, 0) is 108 Å². The lowest BCUT2D eigenvalue weighted by molar-refractivity contribution is -0.125. The summed E-state index contributed by atoms with van der Waals surface area (Å²) in [6.07, 6.45) is 4.48. The van der Waals surface area contributed by atoms with Crippen molar-refractivity contribution in [1.29, 1.82) is 0 Å². The number of ketones is 2. The zero-order chi connectivity index (χ0) is 38.6. The van der Waals surface area contributed by atoms with Crippen molar-refractivity contribution in [3.05, 3.63) is 89.1 Å². The van der Waals surface area contributed by atoms with Crippen molar-refractivity contribution in [2.24, 2.45) is 16.6 Å². The number of unbranched alkanes of at least 4 members (excludes halogenated alkanes) is 2. The number of allylic oxidation sites excluding steroid dienone is 6. The molecule has 2 aliphatic rings. The van der Waals surface area contributed by atoms with E-state index in [1.807, 2.05) is 58.0 Å². The van der Waals surface area contributed by atoms with E-state index in [0.717, 1.165) is 66.2 Å². The maximum absolute atomic E-state index is 12.6. The van der Waals surface area contributed by atoms with Gasteiger partial charge in [-0.2, -0.15) is 13.2 Å². The first-order chi connectivity index (χ1) is 23.4. The maximum Gasteiger partial charge on any atom is 0.432 e. The Morgan fingerprint density at radius 3 is 2.08 bits per heavy atom. The summed E-state index contributed by atoms with van der Waals surface area (Å²) in [6.45, 7) is 21.4. The molecular formula is C39H57BF5N3O2. The number of nitrogens with two attached hydrogens (primary N) is 1. The first-order valence-electron chi connectivity index (χ1n) is 17.3. The van der Waals surface area contributed by atoms with E-state index in [4.69, 9.17) is 5.73 Å². The molecule has 1 aliphatic carbocycles. The minimum atomic E-state index is -4.60. The Labute approximate surface area is 297 Å². The molecule has 0 aromatic heterocycles. The first-order valence-corrected chi connectivity index (χ1v) is 17.3. The quantitative estimate of drug-likeness (QED) is 0.0534. The summed E-state index contributed by atoms with van der Waals surface area (Å²) >= 11 is 0. The normalized spacial score (nSPS) is 16.9. The van der Waals surface area contributed by atoms with E-state index in [1.165, 1.54) is 25.8 Å². The molecule has 0 atom stereocenters. The lowest BCUT2D eigenvalue weighted by Crippen LogP contribution is -2.40. The van der Waals surface area contributed by atoms with Crippen molar-refractivity contribution < 1.29 is 31.5 Å². The molecule has 0 amide bonds. The van der Waals surface area contributed by atoms with Gasteiger partial charge in [0.05, 0.1) is 0 Å². The van der Waals surface area contributed by atoms with Crippen LogP contribution in [0.2, 0.25) is 6.32 Å². The molecule has 0 saturated heterocycles. The van der Waals surface area contributed by atoms with E-state index >= 15 is 0 Å². The number of anilines is 1. The SMILES string of the molecule is C/C=C(\C)C1=CB(CC(F)F)N=C1C(F)(F)F.C/C=C\C.C=C(C)C(=C)Nc1ccc(C(C)=O)c(CC)c1.CCCCCC(=O)C1CC(N)C1. The minimum Gasteiger partial charge on any atom is -0.356 e. The van der Waals surface area contributed by atoms with E-state index in [1.54, 1.807) is 13.8 Å². The lowest BCUT2D eigenvalue weighted by atomic mass is 9.60. The summed E-state index contributed by atoms with van der Waals surface area (Å²) in [5.41, 5.74) is 9.33. The fraction of sp³-hybridized carbons (Fsp3) is 0.513. The molecule has 0 bridgehead atoms. The van der Waals surface area contributed by atoms with Gasteiger partial charge in [0.2, 0.25) is 6.43 Å². The van der Waals surface area contributed by atoms with E-state index in [9.17, 15) is 31.5 Å². The van der Waals surface area contributed by atoms with Crippen LogP contribution in [-0.4, -0.2) is 42.8 Å². The number of hydrogen-bond acceptors (Lipinski definition) is 5. The molecule has 5 nitrogen and oxygen atoms in total. The molecule has 1 aromatic carbocycles. The standard InChI is InChI=1S/C15H19NO.C10H11BF5N.C10H19NO.C4H8/c1-6-13-9-14(16-11(4)10(2)3)7-8-15(13)12(5)17;1-3-6(2)7-4-11(5-8(12)13)17-9(7)10(14,15)16;1-2-3-4-5-10(12)8-6-9(11)7-8;1-3-4-2/h7-9,16H,2,4,6H2,1,3,5H3;3-4,8H,5H2,1-2H3;8-9H,2-7,11H2,1H3;3-4H,1-2H3/b;6-3+;;4-3-. The molecule has 1 saturated carbocycles. The largest absolute Gasteiger partial charge is 0.432 e. The molecule has 3 rings (SSSR count). The third-order valence-corrected chi connectivity index (χ3v) is 8.12. The third kappa shape index (κ3) is 17.4. The number of carbonyl (C=O) groups excluding carboxylic acids is 2. The van der Waals surface area contributed by atoms with E-state index < -0.39 is 31.5 Å². The monoisotopic (exact) mass is 705 g/mol. The van der Waals surface area contributed by atoms with Crippen molar-refractivity contribution >= 4 is 29.8 Å². The topological polar surface area (TPSA) is 84.5 Å². The highest BCUT2D eigenvalue weighted by Crippen LogP contribution is 2.32. The van der Waals surface area contributed by atoms with Crippen LogP contribution in [-0.2, 0) is 11.2 Å². The number of benzene rings is 1. The van der Waals surface area contributed by atoms with Gasteiger partial charge in [-0.15, -0.1) is 0 Å². The van der Waals surface area contributed by atoms with E-state index in [-0.39, 0.29) is 11.4 Å². The van der Waals surface area contributed by atoms with Gasteiger partial charge in [0, 0.05) is 41.6 Å². The van der Waals surface area contributed by atoms with Crippen LogP contribution in [0.15, 0.2) is 82.9 Å². The van der Waals surface area contributed by atoms with Crippen molar-refractivity contribution in [2.45, 2.75) is 125 Å². The van der Waals surface area contributed by atoms with Gasteiger partial charge in [-0.1, -0.05) is 64.1 Å². The number of hydrogen-bond donors (Lipinski definition) is 2. The Morgan fingerprint density at radius 2 is 1.66 bits per heavy atom. The second-order valence-electron chi connectivity index (χ2n) is 12.4. The highest BCUT2D eigenvalue weighted by atomic mass is 19.4. The van der Waals surface area contributed by atoms with Gasteiger partial charge in [-0.25, -0.2) is 8.78 Å². The number of halogens is 5. The molecule has 0 unspecified atom stereocenters. The number of Topliss-reactive ketones (excluding diaryl/α,β-unsaturated/α-hetero) is 2. The van der Waals surface area contributed by atoms with E-state index in [2.05, 4.69) is 30.3 Å². The highest BCUT2D eigenvalue weighted by molar-refractivity contribution is 6.67. The molecule has 0 radical (unpaired) electrons. The van der Waals surface area contributed by atoms with Crippen LogP contribution in [0.25, 0.3) is 0 Å². The summed E-state index contributed by atoms with van der Waals surface area (Å²) in [4.78, 5) is 26.1. The van der Waals surface area contributed by atoms with Gasteiger partial charge in [0.15, 0.2) is 5.78 Å². The van der Waals surface area contributed by atoms with Gasteiger partial charge >= 0.3 is 13.0 Å². The maximum atomic E-state index is 12.6. The first kappa shape index (κ1) is 46.4. The van der Waals surface area contributed by atoms with Crippen molar-refractivity contribution in [2.75, 3.05) is 5.32 Å². The smallest absolute Gasteiger partial charge is 0.356 e. The Bertz CT molecular complexity index is 1390. The Balaban J connectivity index is 0.000000692. The van der Waals surface area contributed by atoms with Gasteiger partial charge < -0.3 is 16.0 Å². The molecule has 1 fully saturated rings. The molecule has 50 heavy (non-hydrogen) atoms. The lowest BCUT2D eigenvalue weighted by Gasteiger charge is -2.31. The number of alkyl halides is 5. The third-order valence-electron chi connectivity index (χ3n) is 8.12. The molecule has 1 aliphatic heterocycles. The van der Waals surface area contributed by atoms with Crippen LogP contribution in [0, 0.1) is 5.92 Å². The Morgan fingerprint density at radius 1 is 1.06 bits per heavy atom. The van der Waals surface area contributed by atoms with Crippen LogP contribution < -0.4 is 11.1 Å². The van der Waals surface area contributed by atoms with Crippen molar-refractivity contribution in [3.63, 3.8) is 0 Å². The zero-order valence-corrected chi connectivity index (χ0v) is 31.2. The summed E-state index contributed by atoms with van der Waals surface area (Å²) in [7, 11) is 0. The zero-order valence-electron chi connectivity index (χ0n) is 31.2. The van der Waals surface area contributed by atoms with Crippen LogP contribution in [0.4, 0.5) is 27.6 Å². The summed E-state index contributed by atoms with van der Waals surface area (Å²) in [5.74, 6) is 2.03. The molecule has 3 N–H and O–H groups in total. The van der Waals surface area contributed by atoms with E-state index in [0.29, 0.717) is 23.3 Å². The predicted octanol–water partition coefficient (Wildman–Crippen LogP) is 11.1. The predicted molar refractivity (Wildman–Crippen MR) is 201 cm³/mol. The fourth-order valence-electron chi connectivity index (χ4n) is 4.81. The average Bonchev–Trinajstić information content (AvgIpc) is 3.47. The number of rotatable bonds is 13. The average molecular weight is 706 g/mol. The van der Waals surface area contributed by atoms with Gasteiger partial charge in [0.25, 0.3) is 0 Å². The molecule has 1 heterocycles. The summed E-state index contributed by atoms with van der Waals surface area (Å²) < 4.78 is 62.1. The summed E-state index contributed by atoms with van der Waals surface area (Å²) in [5, 5.41) is 3.18. The number of nitrogens with one attached hydrogen (secondary N) is 1. The van der Waals surface area contributed by atoms with Crippen LogP contribution in [0.3, 0.4) is 0 Å². The molecular weight excluding hydrogens is 648 g/mol. The Hall–Kier alpha value is -3.60. The van der Waals surface area contributed by atoms with Crippen LogP contribution >= 0.6 is 0 Å².